The smallest absolute Gasteiger partial charge is 0.153 e. The lowest BCUT2D eigenvalue weighted by Crippen LogP contribution is -1.96. The summed E-state index contributed by atoms with van der Waals surface area (Å²) in [6.07, 6.45) is 0.674. The molecule has 2 N–H and O–H groups in total. The van der Waals surface area contributed by atoms with E-state index in [1.54, 1.807) is 7.11 Å². The van der Waals surface area contributed by atoms with E-state index in [1.807, 2.05) is 0 Å². The third kappa shape index (κ3) is 2.28. The second kappa shape index (κ2) is 4.05. The Balaban J connectivity index is 2.44. The molecule has 0 saturated carbocycles. The number of hydrogen-bond acceptors (Lipinski definition) is 4. The molecule has 1 aromatic heterocycles. The minimum absolute atomic E-state index is 0.0972. The van der Waals surface area contributed by atoms with Gasteiger partial charge in [-0.2, -0.15) is 5.10 Å². The van der Waals surface area contributed by atoms with Crippen molar-refractivity contribution in [2.24, 2.45) is 0 Å². The van der Waals surface area contributed by atoms with Gasteiger partial charge in [0, 0.05) is 13.5 Å². The monoisotopic (exact) mass is 157 g/mol. The van der Waals surface area contributed by atoms with Gasteiger partial charge in [-0.1, -0.05) is 0 Å². The molecule has 0 amide bonds. The number of aromatic amines is 1. The van der Waals surface area contributed by atoms with Crippen molar-refractivity contribution in [3.05, 3.63) is 11.6 Å². The van der Waals surface area contributed by atoms with Gasteiger partial charge in [0.05, 0.1) is 6.61 Å². The number of aliphatic hydroxyl groups is 1. The number of rotatable bonds is 4. The first kappa shape index (κ1) is 8.16. The summed E-state index contributed by atoms with van der Waals surface area (Å²) in [4.78, 5) is 3.97. The minimum Gasteiger partial charge on any atom is -0.388 e. The molecule has 0 bridgehead atoms. The maximum absolute atomic E-state index is 8.61. The Hall–Kier alpha value is -0.940. The zero-order valence-corrected chi connectivity index (χ0v) is 6.37. The molecule has 0 aromatic carbocycles. The summed E-state index contributed by atoms with van der Waals surface area (Å²) in [7, 11) is 1.62. The predicted octanol–water partition coefficient (Wildman–Crippen LogP) is -0.514. The van der Waals surface area contributed by atoms with Gasteiger partial charge in [-0.15, -0.1) is 0 Å². The van der Waals surface area contributed by atoms with Crippen molar-refractivity contribution in [3.8, 4) is 0 Å². The molecule has 0 atom stereocenters. The highest BCUT2D eigenvalue weighted by Crippen LogP contribution is 1.93. The largest absolute Gasteiger partial charge is 0.388 e. The van der Waals surface area contributed by atoms with Crippen LogP contribution in [0.1, 0.15) is 11.6 Å². The van der Waals surface area contributed by atoms with Crippen LogP contribution in [0.2, 0.25) is 0 Å². The van der Waals surface area contributed by atoms with Gasteiger partial charge in [0.25, 0.3) is 0 Å². The molecule has 5 heteroatoms. The Labute approximate surface area is 64.4 Å². The average Bonchev–Trinajstić information content (AvgIpc) is 2.48. The number of aromatic nitrogens is 3. The Bertz CT molecular complexity index is 211. The molecule has 1 aromatic rings. The van der Waals surface area contributed by atoms with E-state index in [0.29, 0.717) is 24.7 Å². The van der Waals surface area contributed by atoms with Crippen molar-refractivity contribution in [1.82, 2.24) is 15.2 Å². The van der Waals surface area contributed by atoms with E-state index in [0.717, 1.165) is 0 Å². The van der Waals surface area contributed by atoms with Crippen LogP contribution in [-0.4, -0.2) is 34.0 Å². The number of ether oxygens (including phenoxy) is 1. The van der Waals surface area contributed by atoms with E-state index in [1.165, 1.54) is 0 Å². The first-order chi connectivity index (χ1) is 5.36. The molecular weight excluding hydrogens is 146 g/mol. The number of hydrogen-bond donors (Lipinski definition) is 2. The van der Waals surface area contributed by atoms with Crippen molar-refractivity contribution in [2.75, 3.05) is 13.7 Å². The minimum atomic E-state index is -0.0972. The van der Waals surface area contributed by atoms with Crippen molar-refractivity contribution >= 4 is 0 Å². The molecule has 0 fully saturated rings. The van der Waals surface area contributed by atoms with Crippen molar-refractivity contribution in [1.29, 1.82) is 0 Å². The van der Waals surface area contributed by atoms with Gasteiger partial charge in [-0.25, -0.2) is 4.98 Å². The topological polar surface area (TPSA) is 71.0 Å². The number of H-pyrrole nitrogens is 1. The van der Waals surface area contributed by atoms with Crippen molar-refractivity contribution < 1.29 is 9.84 Å². The maximum atomic E-state index is 8.61. The second-order valence-corrected chi connectivity index (χ2v) is 2.10. The first-order valence-corrected chi connectivity index (χ1v) is 3.36. The average molecular weight is 157 g/mol. The molecule has 0 spiro atoms. The second-order valence-electron chi connectivity index (χ2n) is 2.10. The molecular formula is C6H11N3O2. The molecule has 0 unspecified atom stereocenters. The van der Waals surface area contributed by atoms with Crippen LogP contribution >= 0.6 is 0 Å². The number of nitrogens with one attached hydrogen (secondary N) is 1. The van der Waals surface area contributed by atoms with Gasteiger partial charge in [0.15, 0.2) is 5.82 Å². The van der Waals surface area contributed by atoms with Crippen LogP contribution in [0.25, 0.3) is 0 Å². The van der Waals surface area contributed by atoms with E-state index in [9.17, 15) is 0 Å². The Morgan fingerprint density at radius 2 is 2.45 bits per heavy atom. The Morgan fingerprint density at radius 3 is 3.00 bits per heavy atom. The molecule has 0 radical (unpaired) electrons. The Kier molecular flexibility index (Phi) is 3.00. The van der Waals surface area contributed by atoms with Crippen molar-refractivity contribution in [3.63, 3.8) is 0 Å². The molecule has 1 rings (SSSR count). The summed E-state index contributed by atoms with van der Waals surface area (Å²) in [5, 5.41) is 15.1. The summed E-state index contributed by atoms with van der Waals surface area (Å²) in [5.41, 5.74) is 0. The zero-order chi connectivity index (χ0) is 8.10. The Morgan fingerprint density at radius 1 is 1.64 bits per heavy atom. The van der Waals surface area contributed by atoms with Crippen LogP contribution in [0.4, 0.5) is 0 Å². The van der Waals surface area contributed by atoms with Gasteiger partial charge in [0.2, 0.25) is 0 Å². The van der Waals surface area contributed by atoms with Crippen molar-refractivity contribution in [2.45, 2.75) is 13.0 Å². The first-order valence-electron chi connectivity index (χ1n) is 3.36. The van der Waals surface area contributed by atoms with E-state index < -0.39 is 0 Å². The summed E-state index contributed by atoms with van der Waals surface area (Å²) >= 11 is 0. The van der Waals surface area contributed by atoms with E-state index in [4.69, 9.17) is 9.84 Å². The lowest BCUT2D eigenvalue weighted by atomic mass is 10.4. The standard InChI is InChI=1S/C6H11N3O2/c1-11-3-2-5-7-6(4-10)9-8-5/h10H,2-4H2,1H3,(H,7,8,9). The number of methoxy groups -OCH3 is 1. The predicted molar refractivity (Wildman–Crippen MR) is 37.9 cm³/mol. The highest BCUT2D eigenvalue weighted by Gasteiger charge is 1.99. The van der Waals surface area contributed by atoms with Gasteiger partial charge in [-0.3, -0.25) is 5.10 Å². The SMILES string of the molecule is COCCc1n[nH]c(CO)n1. The highest BCUT2D eigenvalue weighted by molar-refractivity contribution is 4.88. The van der Waals surface area contributed by atoms with Gasteiger partial charge >= 0.3 is 0 Å². The lowest BCUT2D eigenvalue weighted by molar-refractivity contribution is 0.200. The fourth-order valence-electron chi connectivity index (χ4n) is 0.711. The molecule has 1 heterocycles. The zero-order valence-electron chi connectivity index (χ0n) is 6.37. The molecule has 0 aliphatic heterocycles. The molecule has 11 heavy (non-hydrogen) atoms. The summed E-state index contributed by atoms with van der Waals surface area (Å²) in [5.74, 6) is 1.17. The fraction of sp³-hybridized carbons (Fsp3) is 0.667. The quantitative estimate of drug-likeness (QED) is 0.617. The van der Waals surface area contributed by atoms with Gasteiger partial charge in [0.1, 0.15) is 12.4 Å². The summed E-state index contributed by atoms with van der Waals surface area (Å²) in [6, 6.07) is 0. The van der Waals surface area contributed by atoms with Crippen LogP contribution in [-0.2, 0) is 17.8 Å². The number of aliphatic hydroxyl groups excluding tert-OH is 1. The fourth-order valence-corrected chi connectivity index (χ4v) is 0.711. The third-order valence-electron chi connectivity index (χ3n) is 1.26. The summed E-state index contributed by atoms with van der Waals surface area (Å²) < 4.78 is 4.83. The third-order valence-corrected chi connectivity index (χ3v) is 1.26. The normalized spacial score (nSPS) is 10.4. The molecule has 0 saturated heterocycles. The van der Waals surface area contributed by atoms with Crippen LogP contribution in [0, 0.1) is 0 Å². The molecule has 5 nitrogen and oxygen atoms in total. The molecule has 0 aliphatic carbocycles. The van der Waals surface area contributed by atoms with E-state index in [-0.39, 0.29) is 6.61 Å². The van der Waals surface area contributed by atoms with Crippen LogP contribution in [0.15, 0.2) is 0 Å². The van der Waals surface area contributed by atoms with Crippen LogP contribution in [0.5, 0.6) is 0 Å². The molecule has 0 aliphatic rings. The lowest BCUT2D eigenvalue weighted by Gasteiger charge is -1.90. The highest BCUT2D eigenvalue weighted by atomic mass is 16.5. The maximum Gasteiger partial charge on any atom is 0.153 e. The molecule has 62 valence electrons. The van der Waals surface area contributed by atoms with E-state index in [2.05, 4.69) is 15.2 Å². The van der Waals surface area contributed by atoms with Crippen LogP contribution in [0.3, 0.4) is 0 Å². The van der Waals surface area contributed by atoms with Gasteiger partial charge < -0.3 is 9.84 Å². The van der Waals surface area contributed by atoms with E-state index >= 15 is 0 Å². The van der Waals surface area contributed by atoms with Gasteiger partial charge in [-0.05, 0) is 0 Å². The number of nitrogens with zero attached hydrogens (tertiary/aromatic N) is 2. The van der Waals surface area contributed by atoms with Crippen LogP contribution < -0.4 is 0 Å². The summed E-state index contributed by atoms with van der Waals surface area (Å²) in [6.45, 7) is 0.503.